The van der Waals surface area contributed by atoms with Gasteiger partial charge in [-0.15, -0.1) is 0 Å². The van der Waals surface area contributed by atoms with Crippen molar-refractivity contribution in [2.75, 3.05) is 38.0 Å². The zero-order chi connectivity index (χ0) is 23.2. The van der Waals surface area contributed by atoms with Crippen molar-refractivity contribution in [3.8, 4) is 5.75 Å². The van der Waals surface area contributed by atoms with Crippen molar-refractivity contribution in [1.82, 2.24) is 15.3 Å². The third-order valence-corrected chi connectivity index (χ3v) is 6.97. The fourth-order valence-electron chi connectivity index (χ4n) is 4.66. The van der Waals surface area contributed by atoms with Crippen LogP contribution in [0.25, 0.3) is 10.9 Å². The van der Waals surface area contributed by atoms with Gasteiger partial charge in [-0.05, 0) is 74.9 Å². The molecule has 34 heavy (non-hydrogen) atoms. The first-order valence-electron chi connectivity index (χ1n) is 11.8. The molecule has 1 aliphatic rings. The van der Waals surface area contributed by atoms with Gasteiger partial charge in [0.2, 0.25) is 5.95 Å². The Bertz CT molecular complexity index is 1070. The largest absolute Gasteiger partial charge is 0.496 e. The Labute approximate surface area is 212 Å². The minimum absolute atomic E-state index is 0. The van der Waals surface area contributed by atoms with Crippen LogP contribution in [0.3, 0.4) is 0 Å². The quantitative estimate of drug-likeness (QED) is 0.320. The Hall–Kier alpha value is -2.38. The highest BCUT2D eigenvalue weighted by Gasteiger charge is 2.22. The lowest BCUT2D eigenvalue weighted by Crippen LogP contribution is -2.28. The molecule has 0 aliphatic heterocycles. The Morgan fingerprint density at radius 2 is 1.82 bits per heavy atom. The number of methoxy groups -OCH3 is 1. The molecule has 1 aromatic heterocycles. The van der Waals surface area contributed by atoms with Crippen LogP contribution in [-0.2, 0) is 6.54 Å². The predicted molar refractivity (Wildman–Crippen MR) is 147 cm³/mol. The van der Waals surface area contributed by atoms with Crippen molar-refractivity contribution in [2.45, 2.75) is 52.1 Å². The van der Waals surface area contributed by atoms with E-state index >= 15 is 0 Å². The second-order valence-electron chi connectivity index (χ2n) is 9.07. The number of aromatic nitrogens is 2. The molecular weight excluding hydrogens is 490 g/mol. The maximum absolute atomic E-state index is 5.47. The van der Waals surface area contributed by atoms with Gasteiger partial charge in [0.1, 0.15) is 11.6 Å². The van der Waals surface area contributed by atoms with E-state index in [1.807, 2.05) is 38.4 Å². The van der Waals surface area contributed by atoms with Crippen LogP contribution in [0.1, 0.15) is 45.1 Å². The third-order valence-electron chi connectivity index (χ3n) is 6.47. The summed E-state index contributed by atoms with van der Waals surface area (Å²) in [6.07, 6.45) is 6.02. The lowest BCUT2D eigenvalue weighted by atomic mass is 9.84. The third kappa shape index (κ3) is 6.60. The monoisotopic (exact) mass is 527 g/mol. The minimum Gasteiger partial charge on any atom is -0.496 e. The number of fused-ring (bicyclic) bond motifs is 1. The van der Waals surface area contributed by atoms with Crippen molar-refractivity contribution in [3.05, 3.63) is 52.5 Å². The van der Waals surface area contributed by atoms with Gasteiger partial charge in [-0.3, -0.25) is 0 Å². The first-order chi connectivity index (χ1) is 16.0. The highest BCUT2D eigenvalue weighted by molar-refractivity contribution is 9.10. The number of hydrogen-bond acceptors (Lipinski definition) is 6. The van der Waals surface area contributed by atoms with E-state index in [1.54, 1.807) is 7.11 Å². The Kier molecular flexibility index (Phi) is 9.54. The Morgan fingerprint density at radius 1 is 1.06 bits per heavy atom. The number of halogens is 1. The van der Waals surface area contributed by atoms with Crippen molar-refractivity contribution in [1.29, 1.82) is 0 Å². The van der Waals surface area contributed by atoms with Crippen LogP contribution in [0.4, 0.5) is 11.8 Å². The SMILES string of the molecule is C.COc1ccc(Br)cc1CNCCC1CCC(Nc2nc(N(C)C)c3ccccc3n2)CC1. The van der Waals surface area contributed by atoms with E-state index in [9.17, 15) is 0 Å². The molecule has 0 atom stereocenters. The van der Waals surface area contributed by atoms with Crippen molar-refractivity contribution < 1.29 is 4.74 Å². The minimum atomic E-state index is 0. The highest BCUT2D eigenvalue weighted by Crippen LogP contribution is 2.30. The maximum Gasteiger partial charge on any atom is 0.225 e. The molecule has 2 N–H and O–H groups in total. The molecule has 2 aromatic carbocycles. The number of anilines is 2. The van der Waals surface area contributed by atoms with Crippen molar-refractivity contribution >= 4 is 38.6 Å². The van der Waals surface area contributed by atoms with Crippen LogP contribution in [0.5, 0.6) is 5.75 Å². The molecular formula is C27H38BrN5O. The molecule has 0 spiro atoms. The molecule has 1 aliphatic carbocycles. The summed E-state index contributed by atoms with van der Waals surface area (Å²) in [5.74, 6) is 3.41. The number of nitrogens with one attached hydrogen (secondary N) is 2. The summed E-state index contributed by atoms with van der Waals surface area (Å²) in [5, 5.41) is 8.30. The van der Waals surface area contributed by atoms with Gasteiger partial charge < -0.3 is 20.3 Å². The lowest BCUT2D eigenvalue weighted by Gasteiger charge is -2.29. The van der Waals surface area contributed by atoms with Crippen LogP contribution in [-0.4, -0.2) is 43.8 Å². The van der Waals surface area contributed by atoms with Crippen LogP contribution < -0.4 is 20.3 Å². The maximum atomic E-state index is 5.47. The van der Waals surface area contributed by atoms with Crippen molar-refractivity contribution in [2.24, 2.45) is 5.92 Å². The fourth-order valence-corrected chi connectivity index (χ4v) is 5.07. The zero-order valence-electron chi connectivity index (χ0n) is 19.8. The molecule has 0 saturated heterocycles. The van der Waals surface area contributed by atoms with Gasteiger partial charge >= 0.3 is 0 Å². The molecule has 4 rings (SSSR count). The van der Waals surface area contributed by atoms with Gasteiger partial charge in [0, 0.05) is 42.1 Å². The molecule has 184 valence electrons. The summed E-state index contributed by atoms with van der Waals surface area (Å²) in [7, 11) is 5.79. The molecule has 3 aromatic rings. The first kappa shape index (κ1) is 26.2. The van der Waals surface area contributed by atoms with Gasteiger partial charge in [-0.1, -0.05) is 35.5 Å². The van der Waals surface area contributed by atoms with E-state index in [0.717, 1.165) is 64.7 Å². The molecule has 1 heterocycles. The Balaban J connectivity index is 0.00000324. The molecule has 6 nitrogen and oxygen atoms in total. The van der Waals surface area contributed by atoms with Crippen LogP contribution >= 0.6 is 15.9 Å². The molecule has 0 bridgehead atoms. The van der Waals surface area contributed by atoms with Crippen LogP contribution in [0, 0.1) is 5.92 Å². The smallest absolute Gasteiger partial charge is 0.225 e. The van der Waals surface area contributed by atoms with E-state index in [2.05, 4.69) is 49.7 Å². The average molecular weight is 529 g/mol. The van der Waals surface area contributed by atoms with E-state index < -0.39 is 0 Å². The summed E-state index contributed by atoms with van der Waals surface area (Å²) in [5.41, 5.74) is 2.17. The molecule has 0 unspecified atom stereocenters. The van der Waals surface area contributed by atoms with Gasteiger partial charge in [-0.2, -0.15) is 4.98 Å². The normalized spacial score (nSPS) is 17.8. The summed E-state index contributed by atoms with van der Waals surface area (Å²) < 4.78 is 6.55. The lowest BCUT2D eigenvalue weighted by molar-refractivity contribution is 0.316. The Morgan fingerprint density at radius 3 is 2.56 bits per heavy atom. The molecule has 0 amide bonds. The predicted octanol–water partition coefficient (Wildman–Crippen LogP) is 6.25. The summed E-state index contributed by atoms with van der Waals surface area (Å²) in [4.78, 5) is 11.6. The summed E-state index contributed by atoms with van der Waals surface area (Å²) >= 11 is 3.55. The number of ether oxygens (including phenoxy) is 1. The molecule has 0 radical (unpaired) electrons. The van der Waals surface area contributed by atoms with Gasteiger partial charge in [0.25, 0.3) is 0 Å². The van der Waals surface area contributed by atoms with Gasteiger partial charge in [0.15, 0.2) is 0 Å². The second kappa shape index (κ2) is 12.4. The second-order valence-corrected chi connectivity index (χ2v) is 9.98. The average Bonchev–Trinajstić information content (AvgIpc) is 2.82. The number of para-hydroxylation sites is 1. The molecule has 1 fully saturated rings. The van der Waals surface area contributed by atoms with Gasteiger partial charge in [0.05, 0.1) is 12.6 Å². The number of nitrogens with zero attached hydrogens (tertiary/aromatic N) is 3. The van der Waals surface area contributed by atoms with Crippen molar-refractivity contribution in [3.63, 3.8) is 0 Å². The fraction of sp³-hybridized carbons (Fsp3) is 0.481. The van der Waals surface area contributed by atoms with Crippen LogP contribution in [0.2, 0.25) is 0 Å². The molecule has 7 heteroatoms. The highest BCUT2D eigenvalue weighted by atomic mass is 79.9. The standard InChI is InChI=1S/C26H34BrN5O.CH4/c1-32(2)25-22-6-4-5-7-23(22)30-26(31-25)29-21-11-8-18(9-12-21)14-15-28-17-19-16-20(27)10-13-24(19)33-3;/h4-7,10,13,16,18,21,28H,8-9,11-12,14-15,17H2,1-3H3,(H,29,30,31);1H4. The van der Waals surface area contributed by atoms with Gasteiger partial charge in [-0.25, -0.2) is 4.98 Å². The summed E-state index contributed by atoms with van der Waals surface area (Å²) in [6.45, 7) is 1.85. The first-order valence-corrected chi connectivity index (χ1v) is 12.6. The number of rotatable bonds is 9. The molecule has 1 saturated carbocycles. The van der Waals surface area contributed by atoms with E-state index in [-0.39, 0.29) is 7.43 Å². The number of benzene rings is 2. The van der Waals surface area contributed by atoms with E-state index in [1.165, 1.54) is 24.8 Å². The van der Waals surface area contributed by atoms with Crippen LogP contribution in [0.15, 0.2) is 46.9 Å². The topological polar surface area (TPSA) is 62.3 Å². The zero-order valence-corrected chi connectivity index (χ0v) is 21.4. The summed E-state index contributed by atoms with van der Waals surface area (Å²) in [6, 6.07) is 14.8. The van der Waals surface area contributed by atoms with E-state index in [4.69, 9.17) is 14.7 Å². The number of hydrogen-bond donors (Lipinski definition) is 2. The van der Waals surface area contributed by atoms with E-state index in [0.29, 0.717) is 6.04 Å².